The lowest BCUT2D eigenvalue weighted by atomic mass is 9.93. The second-order valence-electron chi connectivity index (χ2n) is 10.4. The lowest BCUT2D eigenvalue weighted by Gasteiger charge is -2.11. The number of allylic oxidation sites excluding steroid dienone is 7. The maximum atomic E-state index is 9.20. The van der Waals surface area contributed by atoms with Crippen LogP contribution in [0, 0.1) is 23.2 Å². The third-order valence-electron chi connectivity index (χ3n) is 7.73. The molecule has 0 bridgehead atoms. The predicted molar refractivity (Wildman–Crippen MR) is 163 cm³/mol. The van der Waals surface area contributed by atoms with Crippen LogP contribution in [0.5, 0.6) is 0 Å². The molecule has 2 atom stereocenters. The number of benzene rings is 2. The van der Waals surface area contributed by atoms with E-state index >= 15 is 0 Å². The van der Waals surface area contributed by atoms with E-state index in [1.807, 2.05) is 48.0 Å². The van der Waals surface area contributed by atoms with Gasteiger partial charge in [-0.15, -0.1) is 10.2 Å². The Morgan fingerprint density at radius 1 is 1.02 bits per heavy atom. The van der Waals surface area contributed by atoms with Gasteiger partial charge >= 0.3 is 0 Å². The molecule has 0 radical (unpaired) electrons. The third kappa shape index (κ3) is 5.61. The second-order valence-corrected chi connectivity index (χ2v) is 10.4. The van der Waals surface area contributed by atoms with E-state index in [1.165, 1.54) is 11.1 Å². The normalized spacial score (nSPS) is 15.4. The van der Waals surface area contributed by atoms with E-state index in [-0.39, 0.29) is 11.8 Å². The van der Waals surface area contributed by atoms with Crippen LogP contribution in [0.1, 0.15) is 23.9 Å². The molecule has 6 heteroatoms. The Balaban J connectivity index is 1.17. The van der Waals surface area contributed by atoms with Crippen LogP contribution >= 0.6 is 0 Å². The molecule has 6 rings (SSSR count). The largest absolute Gasteiger partial charge is 0.256 e. The van der Waals surface area contributed by atoms with E-state index in [0.29, 0.717) is 5.57 Å². The van der Waals surface area contributed by atoms with Crippen molar-refractivity contribution in [2.75, 3.05) is 0 Å². The van der Waals surface area contributed by atoms with Crippen LogP contribution in [-0.4, -0.2) is 24.8 Å². The highest BCUT2D eigenvalue weighted by Crippen LogP contribution is 2.26. The minimum atomic E-state index is 0.0142. The number of aromatic nitrogens is 5. The molecular formula is C35H30N6. The molecule has 1 aliphatic rings. The predicted octanol–water partition coefficient (Wildman–Crippen LogP) is 7.05. The summed E-state index contributed by atoms with van der Waals surface area (Å²) in [6.45, 7) is 5.90. The number of hydrogen-bond acceptors (Lipinski definition) is 5. The minimum Gasteiger partial charge on any atom is -0.256 e. The molecule has 0 amide bonds. The summed E-state index contributed by atoms with van der Waals surface area (Å²) in [5, 5.41) is 24.0. The lowest BCUT2D eigenvalue weighted by molar-refractivity contribution is 0.787. The molecule has 6 nitrogen and oxygen atoms in total. The number of aryl methyl sites for hydroxylation is 2. The van der Waals surface area contributed by atoms with Gasteiger partial charge < -0.3 is 0 Å². The highest BCUT2D eigenvalue weighted by molar-refractivity contribution is 5.82. The topological polar surface area (TPSA) is 79.8 Å². The molecule has 1 aliphatic carbocycles. The fourth-order valence-corrected chi connectivity index (χ4v) is 5.26. The van der Waals surface area contributed by atoms with Gasteiger partial charge in [0.05, 0.1) is 17.3 Å². The highest BCUT2D eigenvalue weighted by atomic mass is 15.4. The first-order chi connectivity index (χ1) is 20.1. The molecule has 3 aromatic heterocycles. The van der Waals surface area contributed by atoms with Crippen molar-refractivity contribution in [3.63, 3.8) is 0 Å². The van der Waals surface area contributed by atoms with Crippen molar-refractivity contribution in [1.29, 1.82) is 5.26 Å². The van der Waals surface area contributed by atoms with E-state index < -0.39 is 0 Å². The van der Waals surface area contributed by atoms with Gasteiger partial charge in [0.25, 0.3) is 0 Å². The average molecular weight is 535 g/mol. The number of fused-ring (bicyclic) bond motifs is 2. The number of nitrogens with zero attached hydrogens (tertiary/aromatic N) is 6. The first kappa shape index (κ1) is 26.1. The summed E-state index contributed by atoms with van der Waals surface area (Å²) >= 11 is 0. The van der Waals surface area contributed by atoms with Crippen molar-refractivity contribution in [3.05, 3.63) is 138 Å². The standard InChI is InChI=1S/C35H30N6/c1-24(23-36)25(2)28-10-6-7-26(11-13-28)21-27-12-15-31-29(19-20-37-33(31)22-27)14-17-34-38-39-35-18-16-32(40-41(34)35)30-8-4-3-5-9-30/h3-13,15-16,18-20,22,25-26H,1,14,17,21H2,2H3. The lowest BCUT2D eigenvalue weighted by Crippen LogP contribution is -2.03. The fraction of sp³-hybridized carbons (Fsp3) is 0.171. The molecule has 0 saturated carbocycles. The van der Waals surface area contributed by atoms with Gasteiger partial charge in [-0.3, -0.25) is 4.98 Å². The Bertz CT molecular complexity index is 1870. The van der Waals surface area contributed by atoms with Crippen LogP contribution in [0.15, 0.2) is 121 Å². The third-order valence-corrected chi connectivity index (χ3v) is 7.73. The van der Waals surface area contributed by atoms with Crippen molar-refractivity contribution < 1.29 is 0 Å². The first-order valence-corrected chi connectivity index (χ1v) is 13.9. The van der Waals surface area contributed by atoms with Crippen LogP contribution in [0.3, 0.4) is 0 Å². The van der Waals surface area contributed by atoms with Gasteiger partial charge in [0, 0.05) is 35.1 Å². The number of rotatable bonds is 8. The molecule has 0 N–H and O–H groups in total. The maximum Gasteiger partial charge on any atom is 0.177 e. The fourth-order valence-electron chi connectivity index (χ4n) is 5.26. The van der Waals surface area contributed by atoms with Gasteiger partial charge in [-0.25, -0.2) is 0 Å². The molecule has 3 heterocycles. The summed E-state index contributed by atoms with van der Waals surface area (Å²) in [6, 6.07) is 25.0. The van der Waals surface area contributed by atoms with Crippen molar-refractivity contribution >= 4 is 16.6 Å². The molecule has 5 aromatic rings. The quantitative estimate of drug-likeness (QED) is 0.199. The maximum absolute atomic E-state index is 9.20. The molecule has 0 fully saturated rings. The van der Waals surface area contributed by atoms with E-state index in [2.05, 4.69) is 94.6 Å². The van der Waals surface area contributed by atoms with E-state index in [9.17, 15) is 5.26 Å². The van der Waals surface area contributed by atoms with Gasteiger partial charge in [-0.1, -0.05) is 86.3 Å². The Hall–Kier alpha value is -5.15. The SMILES string of the molecule is C=C(C#N)C(C)C1=CC=CC(Cc2ccc3c(CCc4nnc5ccc(-c6ccccc6)nn45)ccnc3c2)C=C1. The average Bonchev–Trinajstić information content (AvgIpc) is 3.28. The van der Waals surface area contributed by atoms with Crippen molar-refractivity contribution in [2.24, 2.45) is 11.8 Å². The van der Waals surface area contributed by atoms with E-state index in [1.54, 1.807) is 0 Å². The summed E-state index contributed by atoms with van der Waals surface area (Å²) < 4.78 is 1.86. The zero-order chi connectivity index (χ0) is 28.2. The zero-order valence-electron chi connectivity index (χ0n) is 23.0. The van der Waals surface area contributed by atoms with Crippen LogP contribution < -0.4 is 0 Å². The summed E-state index contributed by atoms with van der Waals surface area (Å²) in [7, 11) is 0. The molecule has 200 valence electrons. The van der Waals surface area contributed by atoms with Gasteiger partial charge in [0.1, 0.15) is 0 Å². The van der Waals surface area contributed by atoms with E-state index in [4.69, 9.17) is 5.10 Å². The summed E-state index contributed by atoms with van der Waals surface area (Å²) in [6.07, 6.45) is 15.0. The number of hydrogen-bond donors (Lipinski definition) is 0. The number of pyridine rings is 1. The van der Waals surface area contributed by atoms with Gasteiger partial charge in [0.2, 0.25) is 0 Å². The molecular weight excluding hydrogens is 504 g/mol. The highest BCUT2D eigenvalue weighted by Gasteiger charge is 2.14. The summed E-state index contributed by atoms with van der Waals surface area (Å²) in [5.74, 6) is 1.12. The molecule has 0 spiro atoms. The minimum absolute atomic E-state index is 0.0142. The molecule has 0 aliphatic heterocycles. The van der Waals surface area contributed by atoms with Crippen LogP contribution in [0.2, 0.25) is 0 Å². The monoisotopic (exact) mass is 534 g/mol. The van der Waals surface area contributed by atoms with Crippen molar-refractivity contribution in [2.45, 2.75) is 26.2 Å². The van der Waals surface area contributed by atoms with Gasteiger partial charge in [-0.05, 0) is 59.7 Å². The van der Waals surface area contributed by atoms with E-state index in [0.717, 1.165) is 58.5 Å². The Kier molecular flexibility index (Phi) is 7.34. The van der Waals surface area contributed by atoms with Crippen LogP contribution in [-0.2, 0) is 19.3 Å². The molecule has 0 saturated heterocycles. The molecule has 2 unspecified atom stereocenters. The summed E-state index contributed by atoms with van der Waals surface area (Å²) in [4.78, 5) is 4.69. The Labute approximate surface area is 239 Å². The molecule has 41 heavy (non-hydrogen) atoms. The summed E-state index contributed by atoms with van der Waals surface area (Å²) in [5.41, 5.74) is 7.85. The smallest absolute Gasteiger partial charge is 0.177 e. The van der Waals surface area contributed by atoms with Gasteiger partial charge in [-0.2, -0.15) is 14.9 Å². The first-order valence-electron chi connectivity index (χ1n) is 13.9. The second kappa shape index (κ2) is 11.5. The van der Waals surface area contributed by atoms with Gasteiger partial charge in [0.15, 0.2) is 11.5 Å². The zero-order valence-corrected chi connectivity index (χ0v) is 23.0. The van der Waals surface area contributed by atoms with Crippen molar-refractivity contribution in [1.82, 2.24) is 24.8 Å². The Morgan fingerprint density at radius 3 is 2.76 bits per heavy atom. The molecule has 2 aromatic carbocycles. The Morgan fingerprint density at radius 2 is 1.90 bits per heavy atom. The van der Waals surface area contributed by atoms with Crippen LogP contribution in [0.25, 0.3) is 27.8 Å². The van der Waals surface area contributed by atoms with Crippen molar-refractivity contribution in [3.8, 4) is 17.3 Å². The number of nitriles is 1. The van der Waals surface area contributed by atoms with Crippen LogP contribution in [0.4, 0.5) is 0 Å².